The zero-order chi connectivity index (χ0) is 35.5. The number of carbonyl (C=O) groups is 1. The van der Waals surface area contributed by atoms with Crippen LogP contribution in [0.5, 0.6) is 0 Å². The molecule has 2 rings (SSSR count). The number of carbonyl (C=O) groups excluding carboxylic acids is 1. The first-order valence-corrected chi connectivity index (χ1v) is 29.1. The largest absolute Gasteiger partial charge is 0.414 e. The number of benzene rings is 1. The zero-order valence-corrected chi connectivity index (χ0v) is 37.0. The van der Waals surface area contributed by atoms with Crippen molar-refractivity contribution in [1.29, 1.82) is 0 Å². The monoisotopic (exact) mass is 756 g/mol. The molecule has 0 bridgehead atoms. The standard InChI is InChI=1S/C38H72O5S2Si3/c1-10-46(11-2,12-3)41-33-36(42-47(13-4,14-5)15-6)26-25-35(39)29-38(44-27-22-28-45-38)30-37(43-48(16-7,17-8)18-9)32-40-31-34-23-20-19-21-24-34/h19-21,23-24,36-37H,10-18,22,25-33H2,1-9H3/t36-,37+/m1/s1. The number of ketones is 1. The van der Waals surface area contributed by atoms with Gasteiger partial charge in [0.2, 0.25) is 0 Å². The average molecular weight is 757 g/mol. The molecule has 0 saturated carbocycles. The van der Waals surface area contributed by atoms with E-state index in [1.165, 1.54) is 12.0 Å². The number of thioether (sulfide) groups is 2. The van der Waals surface area contributed by atoms with Crippen LogP contribution in [0.1, 0.15) is 100.0 Å². The second kappa shape index (κ2) is 22.9. The van der Waals surface area contributed by atoms with Crippen molar-refractivity contribution in [1.82, 2.24) is 0 Å². The molecule has 0 unspecified atom stereocenters. The Balaban J connectivity index is 2.23. The van der Waals surface area contributed by atoms with Gasteiger partial charge >= 0.3 is 0 Å². The molecule has 0 aromatic heterocycles. The van der Waals surface area contributed by atoms with Crippen molar-refractivity contribution in [3.8, 4) is 0 Å². The lowest BCUT2D eigenvalue weighted by Crippen LogP contribution is -2.45. The number of rotatable bonds is 27. The molecule has 10 heteroatoms. The Morgan fingerprint density at radius 2 is 1.21 bits per heavy atom. The third kappa shape index (κ3) is 13.9. The third-order valence-electron chi connectivity index (χ3n) is 11.4. The molecule has 0 aliphatic carbocycles. The summed E-state index contributed by atoms with van der Waals surface area (Å²) in [4.78, 5) is 14.0. The van der Waals surface area contributed by atoms with Crippen LogP contribution in [0.15, 0.2) is 30.3 Å². The quantitative estimate of drug-likeness (QED) is 0.0829. The summed E-state index contributed by atoms with van der Waals surface area (Å²) in [5.74, 6) is 2.57. The molecule has 1 aromatic rings. The second-order valence-corrected chi connectivity index (χ2v) is 31.4. The Morgan fingerprint density at radius 3 is 1.71 bits per heavy atom. The van der Waals surface area contributed by atoms with E-state index in [1.54, 1.807) is 0 Å². The highest BCUT2D eigenvalue weighted by atomic mass is 32.2. The fourth-order valence-corrected chi connectivity index (χ4v) is 19.1. The van der Waals surface area contributed by atoms with Crippen molar-refractivity contribution >= 4 is 54.3 Å². The number of hydrogen-bond donors (Lipinski definition) is 0. The van der Waals surface area contributed by atoms with Gasteiger partial charge in [-0.25, -0.2) is 0 Å². The van der Waals surface area contributed by atoms with E-state index in [0.717, 1.165) is 78.7 Å². The molecule has 0 radical (unpaired) electrons. The van der Waals surface area contributed by atoms with Crippen molar-refractivity contribution < 1.29 is 22.8 Å². The van der Waals surface area contributed by atoms with E-state index in [0.29, 0.717) is 38.4 Å². The zero-order valence-electron chi connectivity index (χ0n) is 32.3. The van der Waals surface area contributed by atoms with Crippen LogP contribution >= 0.6 is 23.5 Å². The van der Waals surface area contributed by atoms with Gasteiger partial charge in [0, 0.05) is 12.8 Å². The van der Waals surface area contributed by atoms with Gasteiger partial charge in [-0.2, -0.15) is 0 Å². The molecule has 0 spiro atoms. The lowest BCUT2D eigenvalue weighted by atomic mass is 10.0. The highest BCUT2D eigenvalue weighted by molar-refractivity contribution is 8.18. The van der Waals surface area contributed by atoms with Crippen molar-refractivity contribution in [2.45, 2.75) is 172 Å². The number of hydrogen-bond acceptors (Lipinski definition) is 7. The summed E-state index contributed by atoms with van der Waals surface area (Å²) in [5, 5.41) is 0. The fourth-order valence-electron chi connectivity index (χ4n) is 7.19. The van der Waals surface area contributed by atoms with Crippen LogP contribution in [0.3, 0.4) is 0 Å². The van der Waals surface area contributed by atoms with Crippen LogP contribution in [0.4, 0.5) is 0 Å². The molecular weight excluding hydrogens is 685 g/mol. The smallest absolute Gasteiger partial charge is 0.192 e. The van der Waals surface area contributed by atoms with Gasteiger partial charge in [-0.05, 0) is 90.7 Å². The van der Waals surface area contributed by atoms with Gasteiger partial charge in [0.05, 0.1) is 36.1 Å². The normalized spacial score (nSPS) is 16.9. The Kier molecular flexibility index (Phi) is 21.1. The second-order valence-electron chi connectivity index (χ2n) is 13.9. The van der Waals surface area contributed by atoms with Crippen molar-refractivity contribution in [2.24, 2.45) is 0 Å². The van der Waals surface area contributed by atoms with Gasteiger partial charge in [-0.15, -0.1) is 23.5 Å². The first kappa shape index (κ1) is 44.2. The van der Waals surface area contributed by atoms with Crippen molar-refractivity contribution in [2.75, 3.05) is 24.7 Å². The predicted octanol–water partition coefficient (Wildman–Crippen LogP) is 11.7. The summed E-state index contributed by atoms with van der Waals surface area (Å²) < 4.78 is 27.2. The molecular formula is C38H72O5S2Si3. The molecule has 0 N–H and O–H groups in total. The first-order chi connectivity index (χ1) is 23.1. The van der Waals surface area contributed by atoms with E-state index < -0.39 is 25.0 Å². The molecule has 0 amide bonds. The van der Waals surface area contributed by atoms with Crippen LogP contribution in [-0.4, -0.2) is 71.7 Å². The summed E-state index contributed by atoms with van der Waals surface area (Å²) in [6.45, 7) is 22.5. The molecule has 1 aromatic carbocycles. The number of Topliss-reactive ketones (excluding diaryl/α,β-unsaturated/α-hetero) is 1. The van der Waals surface area contributed by atoms with Gasteiger partial charge in [-0.1, -0.05) is 92.6 Å². The maximum atomic E-state index is 14.0. The van der Waals surface area contributed by atoms with E-state index in [4.69, 9.17) is 18.0 Å². The molecule has 1 fully saturated rings. The summed E-state index contributed by atoms with van der Waals surface area (Å²) in [7, 11) is -5.46. The summed E-state index contributed by atoms with van der Waals surface area (Å²) in [6.07, 6.45) is 3.97. The molecule has 1 aliphatic rings. The SMILES string of the molecule is CC[Si](CC)(CC)OC[C@@H](CCC(=O)CC1(C[C@@H](COCc2ccccc2)O[Si](CC)(CC)CC)SCCCS1)O[Si](CC)(CC)CC. The molecule has 278 valence electrons. The van der Waals surface area contributed by atoms with Crippen LogP contribution in [-0.2, 0) is 29.4 Å². The van der Waals surface area contributed by atoms with Crippen LogP contribution < -0.4 is 0 Å². The van der Waals surface area contributed by atoms with Crippen molar-refractivity contribution in [3.05, 3.63) is 35.9 Å². The van der Waals surface area contributed by atoms with E-state index in [9.17, 15) is 4.79 Å². The third-order valence-corrected chi connectivity index (χ3v) is 28.8. The minimum atomic E-state index is -1.87. The minimum Gasteiger partial charge on any atom is -0.414 e. The summed E-state index contributed by atoms with van der Waals surface area (Å²) in [5.41, 5.74) is 1.19. The van der Waals surface area contributed by atoms with E-state index >= 15 is 0 Å². The van der Waals surface area contributed by atoms with Gasteiger partial charge < -0.3 is 18.0 Å². The molecule has 1 saturated heterocycles. The van der Waals surface area contributed by atoms with Crippen molar-refractivity contribution in [3.63, 3.8) is 0 Å². The lowest BCUT2D eigenvalue weighted by molar-refractivity contribution is -0.119. The van der Waals surface area contributed by atoms with E-state index in [1.807, 2.05) is 29.6 Å². The lowest BCUT2D eigenvalue weighted by Gasteiger charge is -2.41. The Bertz CT molecular complexity index is 975. The molecule has 2 atom stereocenters. The molecule has 1 aliphatic heterocycles. The Morgan fingerprint density at radius 1 is 0.708 bits per heavy atom. The van der Waals surface area contributed by atoms with Crippen LogP contribution in [0, 0.1) is 0 Å². The fraction of sp³-hybridized carbons (Fsp3) is 0.816. The van der Waals surface area contributed by atoms with E-state index in [-0.39, 0.29) is 16.3 Å². The molecule has 48 heavy (non-hydrogen) atoms. The van der Waals surface area contributed by atoms with Crippen LogP contribution in [0.2, 0.25) is 54.4 Å². The highest BCUT2D eigenvalue weighted by Gasteiger charge is 2.42. The van der Waals surface area contributed by atoms with Gasteiger partial charge in [-0.3, -0.25) is 4.79 Å². The number of ether oxygens (including phenoxy) is 1. The minimum absolute atomic E-state index is 0.00361. The van der Waals surface area contributed by atoms with Gasteiger partial charge in [0.1, 0.15) is 5.78 Å². The van der Waals surface area contributed by atoms with Gasteiger partial charge in [0.15, 0.2) is 25.0 Å². The Labute approximate surface area is 307 Å². The average Bonchev–Trinajstić information content (AvgIpc) is 3.13. The van der Waals surface area contributed by atoms with Crippen LogP contribution in [0.25, 0.3) is 0 Å². The maximum Gasteiger partial charge on any atom is 0.192 e. The molecule has 1 heterocycles. The first-order valence-electron chi connectivity index (χ1n) is 19.5. The Hall–Kier alpha value is 0.0806. The van der Waals surface area contributed by atoms with E-state index in [2.05, 4.69) is 86.6 Å². The van der Waals surface area contributed by atoms with Gasteiger partial charge in [0.25, 0.3) is 0 Å². The predicted molar refractivity (Wildman–Crippen MR) is 219 cm³/mol. The highest BCUT2D eigenvalue weighted by Crippen LogP contribution is 2.49. The maximum absolute atomic E-state index is 14.0. The molecule has 5 nitrogen and oxygen atoms in total. The summed E-state index contributed by atoms with van der Waals surface area (Å²) in [6, 6.07) is 20.5. The topological polar surface area (TPSA) is 54.0 Å². The summed E-state index contributed by atoms with van der Waals surface area (Å²) >= 11 is 4.00.